The number of rotatable bonds is 3. The van der Waals surface area contributed by atoms with E-state index in [1.165, 1.54) is 0 Å². The van der Waals surface area contributed by atoms with Crippen molar-refractivity contribution in [2.24, 2.45) is 5.73 Å². The Morgan fingerprint density at radius 1 is 1.59 bits per heavy atom. The van der Waals surface area contributed by atoms with Crippen LogP contribution in [0.2, 0.25) is 0 Å². The quantitative estimate of drug-likeness (QED) is 0.810. The first kappa shape index (κ1) is 12.0. The van der Waals surface area contributed by atoms with E-state index in [4.69, 9.17) is 10.5 Å². The summed E-state index contributed by atoms with van der Waals surface area (Å²) < 4.78 is 5.20. The number of nitrogens with two attached hydrogens (primary N) is 1. The highest BCUT2D eigenvalue weighted by molar-refractivity contribution is 5.86. The molecule has 0 radical (unpaired) electrons. The van der Waals surface area contributed by atoms with E-state index in [1.54, 1.807) is 24.3 Å². The lowest BCUT2D eigenvalue weighted by Gasteiger charge is -2.27. The monoisotopic (exact) mass is 235 g/mol. The second-order valence-electron chi connectivity index (χ2n) is 4.48. The van der Waals surface area contributed by atoms with Crippen LogP contribution in [0.3, 0.4) is 0 Å². The van der Waals surface area contributed by atoms with Crippen molar-refractivity contribution in [2.75, 3.05) is 20.3 Å². The lowest BCUT2D eigenvalue weighted by atomic mass is 9.98. The standard InChI is InChI=1S/C12H17N3O2/c1-15(8-10-2-5-14-6-3-10)11(16)12(13)4-7-17-9-12/h2-3,5-6H,4,7-9,13H2,1H3. The van der Waals surface area contributed by atoms with Gasteiger partial charge in [0.1, 0.15) is 5.54 Å². The van der Waals surface area contributed by atoms with Gasteiger partial charge in [0.25, 0.3) is 0 Å². The Balaban J connectivity index is 2.00. The molecule has 5 nitrogen and oxygen atoms in total. The van der Waals surface area contributed by atoms with Gasteiger partial charge in [-0.15, -0.1) is 0 Å². The molecule has 1 aromatic rings. The number of carbonyl (C=O) groups excluding carboxylic acids is 1. The predicted molar refractivity (Wildman–Crippen MR) is 63.1 cm³/mol. The van der Waals surface area contributed by atoms with Gasteiger partial charge in [0.2, 0.25) is 5.91 Å². The largest absolute Gasteiger partial charge is 0.379 e. The number of carbonyl (C=O) groups is 1. The van der Waals surface area contributed by atoms with Crippen LogP contribution in [0.25, 0.3) is 0 Å². The maximum atomic E-state index is 12.2. The van der Waals surface area contributed by atoms with Crippen molar-refractivity contribution < 1.29 is 9.53 Å². The zero-order chi connectivity index (χ0) is 12.3. The molecule has 0 aromatic carbocycles. The van der Waals surface area contributed by atoms with Gasteiger partial charge in [0.05, 0.1) is 6.61 Å². The molecule has 1 saturated heterocycles. The molecule has 2 N–H and O–H groups in total. The zero-order valence-corrected chi connectivity index (χ0v) is 9.93. The fourth-order valence-corrected chi connectivity index (χ4v) is 1.96. The van der Waals surface area contributed by atoms with E-state index < -0.39 is 5.54 Å². The van der Waals surface area contributed by atoms with Gasteiger partial charge in [-0.3, -0.25) is 9.78 Å². The number of nitrogens with zero attached hydrogens (tertiary/aromatic N) is 2. The van der Waals surface area contributed by atoms with Crippen molar-refractivity contribution in [3.8, 4) is 0 Å². The van der Waals surface area contributed by atoms with Crippen molar-refractivity contribution in [2.45, 2.75) is 18.5 Å². The number of pyridine rings is 1. The highest BCUT2D eigenvalue weighted by Crippen LogP contribution is 2.18. The van der Waals surface area contributed by atoms with Crippen molar-refractivity contribution >= 4 is 5.91 Å². The van der Waals surface area contributed by atoms with Crippen LogP contribution in [0.1, 0.15) is 12.0 Å². The molecule has 0 saturated carbocycles. The number of amides is 1. The van der Waals surface area contributed by atoms with Crippen LogP contribution in [0.5, 0.6) is 0 Å². The van der Waals surface area contributed by atoms with E-state index in [0.717, 1.165) is 5.56 Å². The highest BCUT2D eigenvalue weighted by atomic mass is 16.5. The summed E-state index contributed by atoms with van der Waals surface area (Å²) in [5.74, 6) is -0.0631. The molecule has 92 valence electrons. The van der Waals surface area contributed by atoms with Crippen LogP contribution in [0, 0.1) is 0 Å². The molecule has 0 aliphatic carbocycles. The van der Waals surface area contributed by atoms with Gasteiger partial charge in [0, 0.05) is 32.6 Å². The zero-order valence-electron chi connectivity index (χ0n) is 9.93. The maximum absolute atomic E-state index is 12.2. The normalized spacial score (nSPS) is 23.6. The Bertz CT molecular complexity index is 388. The average molecular weight is 235 g/mol. The van der Waals surface area contributed by atoms with Gasteiger partial charge in [0.15, 0.2) is 0 Å². The van der Waals surface area contributed by atoms with Crippen LogP contribution < -0.4 is 5.73 Å². The minimum absolute atomic E-state index is 0.0631. The number of hydrogen-bond acceptors (Lipinski definition) is 4. The predicted octanol–water partition coefficient (Wildman–Crippen LogP) is 0.158. The Labute approximate surface area is 101 Å². The summed E-state index contributed by atoms with van der Waals surface area (Å²) in [5, 5.41) is 0. The fraction of sp³-hybridized carbons (Fsp3) is 0.500. The number of hydrogen-bond donors (Lipinski definition) is 1. The summed E-state index contributed by atoms with van der Waals surface area (Å²) in [6.45, 7) is 1.41. The Morgan fingerprint density at radius 2 is 2.29 bits per heavy atom. The summed E-state index contributed by atoms with van der Waals surface area (Å²) in [4.78, 5) is 17.8. The molecular formula is C12H17N3O2. The van der Waals surface area contributed by atoms with Crippen LogP contribution in [-0.2, 0) is 16.1 Å². The topological polar surface area (TPSA) is 68.5 Å². The fourth-order valence-electron chi connectivity index (χ4n) is 1.96. The summed E-state index contributed by atoms with van der Waals surface area (Å²) in [7, 11) is 1.76. The number of likely N-dealkylation sites (N-methyl/N-ethyl adjacent to an activating group) is 1. The molecule has 1 aliphatic heterocycles. The van der Waals surface area contributed by atoms with E-state index in [-0.39, 0.29) is 5.91 Å². The van der Waals surface area contributed by atoms with Gasteiger partial charge in [-0.05, 0) is 24.1 Å². The van der Waals surface area contributed by atoms with Crippen LogP contribution in [0.15, 0.2) is 24.5 Å². The first-order valence-corrected chi connectivity index (χ1v) is 5.63. The van der Waals surface area contributed by atoms with Gasteiger partial charge in [-0.25, -0.2) is 0 Å². The molecule has 0 bridgehead atoms. The lowest BCUT2D eigenvalue weighted by Crippen LogP contribution is -2.54. The van der Waals surface area contributed by atoms with Gasteiger partial charge in [-0.2, -0.15) is 0 Å². The van der Waals surface area contributed by atoms with Crippen molar-refractivity contribution in [1.29, 1.82) is 0 Å². The van der Waals surface area contributed by atoms with Crippen molar-refractivity contribution in [3.05, 3.63) is 30.1 Å². The third kappa shape index (κ3) is 2.62. The van der Waals surface area contributed by atoms with Crippen LogP contribution in [-0.4, -0.2) is 41.6 Å². The molecule has 1 fully saturated rings. The number of ether oxygens (including phenoxy) is 1. The molecule has 2 heterocycles. The summed E-state index contributed by atoms with van der Waals surface area (Å²) in [5.41, 5.74) is 6.22. The summed E-state index contributed by atoms with van der Waals surface area (Å²) >= 11 is 0. The molecule has 1 aliphatic rings. The molecular weight excluding hydrogens is 218 g/mol. The molecule has 17 heavy (non-hydrogen) atoms. The summed E-state index contributed by atoms with van der Waals surface area (Å²) in [6, 6.07) is 3.77. The lowest BCUT2D eigenvalue weighted by molar-refractivity contribution is -0.136. The molecule has 1 amide bonds. The van der Waals surface area contributed by atoms with E-state index in [1.807, 2.05) is 12.1 Å². The second-order valence-corrected chi connectivity index (χ2v) is 4.48. The summed E-state index contributed by atoms with van der Waals surface area (Å²) in [6.07, 6.45) is 4.02. The van der Waals surface area contributed by atoms with E-state index in [2.05, 4.69) is 4.98 Å². The first-order chi connectivity index (χ1) is 8.12. The van der Waals surface area contributed by atoms with Crippen molar-refractivity contribution in [3.63, 3.8) is 0 Å². The second kappa shape index (κ2) is 4.81. The van der Waals surface area contributed by atoms with E-state index >= 15 is 0 Å². The highest BCUT2D eigenvalue weighted by Gasteiger charge is 2.39. The third-order valence-electron chi connectivity index (χ3n) is 2.99. The smallest absolute Gasteiger partial charge is 0.245 e. The van der Waals surface area contributed by atoms with E-state index in [0.29, 0.717) is 26.2 Å². The molecule has 5 heteroatoms. The maximum Gasteiger partial charge on any atom is 0.245 e. The van der Waals surface area contributed by atoms with Gasteiger partial charge in [-0.1, -0.05) is 0 Å². The van der Waals surface area contributed by atoms with Gasteiger partial charge < -0.3 is 15.4 Å². The number of aromatic nitrogens is 1. The molecule has 1 unspecified atom stereocenters. The third-order valence-corrected chi connectivity index (χ3v) is 2.99. The van der Waals surface area contributed by atoms with Crippen LogP contribution >= 0.6 is 0 Å². The molecule has 1 aromatic heterocycles. The van der Waals surface area contributed by atoms with E-state index in [9.17, 15) is 4.79 Å². The Kier molecular flexibility index (Phi) is 3.40. The SMILES string of the molecule is CN(Cc1ccncc1)C(=O)C1(N)CCOC1. The molecule has 0 spiro atoms. The molecule has 1 atom stereocenters. The van der Waals surface area contributed by atoms with Crippen LogP contribution in [0.4, 0.5) is 0 Å². The van der Waals surface area contributed by atoms with Gasteiger partial charge >= 0.3 is 0 Å². The first-order valence-electron chi connectivity index (χ1n) is 5.63. The van der Waals surface area contributed by atoms with Crippen molar-refractivity contribution in [1.82, 2.24) is 9.88 Å². The minimum Gasteiger partial charge on any atom is -0.379 e. The Hall–Kier alpha value is -1.46. The molecule has 2 rings (SSSR count). The average Bonchev–Trinajstić information content (AvgIpc) is 2.78. The Morgan fingerprint density at radius 3 is 2.88 bits per heavy atom. The minimum atomic E-state index is -0.845.